The second kappa shape index (κ2) is 10.1. The molecule has 8 nitrogen and oxygen atoms in total. The minimum Gasteiger partial charge on any atom is -0.465 e. The third-order valence-electron chi connectivity index (χ3n) is 5.62. The summed E-state index contributed by atoms with van der Waals surface area (Å²) in [6.45, 7) is 3.37. The van der Waals surface area contributed by atoms with Crippen LogP contribution in [0.2, 0.25) is 5.02 Å². The Morgan fingerprint density at radius 3 is 2.23 bits per heavy atom. The van der Waals surface area contributed by atoms with Crippen molar-refractivity contribution in [2.24, 2.45) is 0 Å². The van der Waals surface area contributed by atoms with Gasteiger partial charge in [-0.2, -0.15) is 4.31 Å². The van der Waals surface area contributed by atoms with Crippen LogP contribution in [0.5, 0.6) is 0 Å². The van der Waals surface area contributed by atoms with E-state index in [1.165, 1.54) is 42.5 Å². The molecule has 30 heavy (non-hydrogen) atoms. The van der Waals surface area contributed by atoms with Crippen molar-refractivity contribution in [1.82, 2.24) is 14.1 Å². The van der Waals surface area contributed by atoms with Crippen LogP contribution in [-0.2, 0) is 19.6 Å². The Kier molecular flexibility index (Phi) is 7.73. The minimum absolute atomic E-state index is 0.0569. The van der Waals surface area contributed by atoms with E-state index in [1.807, 2.05) is 9.80 Å². The Bertz CT molecular complexity index is 876. The quantitative estimate of drug-likeness (QED) is 0.627. The number of piperazine rings is 1. The van der Waals surface area contributed by atoms with E-state index in [2.05, 4.69) is 4.74 Å². The minimum atomic E-state index is -3.86. The predicted octanol–water partition coefficient (Wildman–Crippen LogP) is 1.84. The van der Waals surface area contributed by atoms with Gasteiger partial charge in [-0.05, 0) is 31.0 Å². The van der Waals surface area contributed by atoms with Gasteiger partial charge in [-0.25, -0.2) is 13.2 Å². The van der Waals surface area contributed by atoms with Crippen molar-refractivity contribution >= 4 is 33.5 Å². The number of methoxy groups -OCH3 is 1. The van der Waals surface area contributed by atoms with Crippen LogP contribution < -0.4 is 0 Å². The average molecular weight is 458 g/mol. The fourth-order valence-corrected chi connectivity index (χ4v) is 5.75. The lowest BCUT2D eigenvalue weighted by Crippen LogP contribution is -2.51. The number of amides is 1. The summed E-state index contributed by atoms with van der Waals surface area (Å²) < 4.78 is 32.2. The van der Waals surface area contributed by atoms with Gasteiger partial charge in [0.25, 0.3) is 0 Å². The molecule has 0 aromatic heterocycles. The van der Waals surface area contributed by atoms with Crippen molar-refractivity contribution in [3.8, 4) is 0 Å². The Morgan fingerprint density at radius 1 is 1.00 bits per heavy atom. The van der Waals surface area contributed by atoms with E-state index >= 15 is 0 Å². The zero-order valence-corrected chi connectivity index (χ0v) is 18.8. The lowest BCUT2D eigenvalue weighted by atomic mass is 10.2. The van der Waals surface area contributed by atoms with Crippen molar-refractivity contribution in [3.05, 3.63) is 28.8 Å². The number of carbonyl (C=O) groups is 2. The monoisotopic (exact) mass is 457 g/mol. The zero-order valence-electron chi connectivity index (χ0n) is 17.2. The maximum atomic E-state index is 13.1. The number of hydrogen-bond donors (Lipinski definition) is 0. The van der Waals surface area contributed by atoms with Crippen LogP contribution >= 0.6 is 11.6 Å². The SMILES string of the molecule is COC(=O)c1ccc(Cl)c(S(=O)(=O)N2CCN(CC(=O)N3CCCCCC3)CC2)c1. The molecule has 2 heterocycles. The number of hydrogen-bond acceptors (Lipinski definition) is 6. The first-order valence-electron chi connectivity index (χ1n) is 10.2. The number of rotatable bonds is 5. The first kappa shape index (κ1) is 23.0. The van der Waals surface area contributed by atoms with Gasteiger partial charge in [0, 0.05) is 39.3 Å². The summed E-state index contributed by atoms with van der Waals surface area (Å²) in [4.78, 5) is 28.2. The number of nitrogens with zero attached hydrogens (tertiary/aromatic N) is 3. The molecule has 0 saturated carbocycles. The lowest BCUT2D eigenvalue weighted by Gasteiger charge is -2.34. The fraction of sp³-hybridized carbons (Fsp3) is 0.600. The van der Waals surface area contributed by atoms with Crippen LogP contribution in [0, 0.1) is 0 Å². The van der Waals surface area contributed by atoms with Crippen LogP contribution in [0.25, 0.3) is 0 Å². The molecule has 3 rings (SSSR count). The molecule has 166 valence electrons. The van der Waals surface area contributed by atoms with E-state index in [1.54, 1.807) is 0 Å². The van der Waals surface area contributed by atoms with Gasteiger partial charge in [0.2, 0.25) is 15.9 Å². The van der Waals surface area contributed by atoms with Gasteiger partial charge in [-0.3, -0.25) is 9.69 Å². The van der Waals surface area contributed by atoms with Crippen LogP contribution in [-0.4, -0.2) is 87.3 Å². The van der Waals surface area contributed by atoms with Crippen molar-refractivity contribution in [2.45, 2.75) is 30.6 Å². The molecule has 1 aromatic carbocycles. The highest BCUT2D eigenvalue weighted by Crippen LogP contribution is 2.27. The number of ether oxygens (including phenoxy) is 1. The van der Waals surface area contributed by atoms with Gasteiger partial charge >= 0.3 is 5.97 Å². The summed E-state index contributed by atoms with van der Waals surface area (Å²) in [5, 5.41) is 0.0569. The van der Waals surface area contributed by atoms with Crippen LogP contribution in [0.3, 0.4) is 0 Å². The molecule has 0 N–H and O–H groups in total. The third-order valence-corrected chi connectivity index (χ3v) is 8.00. The van der Waals surface area contributed by atoms with E-state index in [0.29, 0.717) is 19.6 Å². The molecule has 0 atom stereocenters. The molecule has 1 amide bonds. The molecular formula is C20H28ClN3O5S. The Balaban J connectivity index is 1.62. The molecule has 0 aliphatic carbocycles. The molecule has 2 saturated heterocycles. The molecule has 10 heteroatoms. The first-order valence-corrected chi connectivity index (χ1v) is 12.0. The summed E-state index contributed by atoms with van der Waals surface area (Å²) in [6, 6.07) is 4.06. The number of likely N-dealkylation sites (tertiary alicyclic amines) is 1. The molecule has 0 spiro atoms. The second-order valence-corrected chi connectivity index (χ2v) is 9.93. The molecule has 0 bridgehead atoms. The molecular weight excluding hydrogens is 430 g/mol. The van der Waals surface area contributed by atoms with E-state index in [-0.39, 0.29) is 34.5 Å². The summed E-state index contributed by atoms with van der Waals surface area (Å²) >= 11 is 6.13. The highest BCUT2D eigenvalue weighted by molar-refractivity contribution is 7.89. The van der Waals surface area contributed by atoms with Crippen LogP contribution in [0.4, 0.5) is 0 Å². The predicted molar refractivity (Wildman–Crippen MR) is 113 cm³/mol. The molecule has 2 aliphatic heterocycles. The maximum Gasteiger partial charge on any atom is 0.337 e. The summed E-state index contributed by atoms with van der Waals surface area (Å²) in [5.41, 5.74) is 0.127. The molecule has 0 radical (unpaired) electrons. The number of sulfonamides is 1. The summed E-state index contributed by atoms with van der Waals surface area (Å²) in [5.74, 6) is -0.512. The highest BCUT2D eigenvalue weighted by atomic mass is 35.5. The Hall–Kier alpha value is -1.68. The van der Waals surface area contributed by atoms with E-state index < -0.39 is 16.0 Å². The van der Waals surface area contributed by atoms with E-state index in [9.17, 15) is 18.0 Å². The molecule has 0 unspecified atom stereocenters. The number of esters is 1. The third kappa shape index (κ3) is 5.32. The standard InChI is InChI=1S/C20H28ClN3O5S/c1-29-20(26)16-6-7-17(21)18(14-16)30(27,28)24-12-10-22(11-13-24)15-19(25)23-8-4-2-3-5-9-23/h6-7,14H,2-5,8-13,15H2,1H3. The topological polar surface area (TPSA) is 87.2 Å². The summed E-state index contributed by atoms with van der Waals surface area (Å²) in [7, 11) is -2.63. The smallest absolute Gasteiger partial charge is 0.337 e. The zero-order chi connectivity index (χ0) is 21.7. The van der Waals surface area contributed by atoms with Crippen LogP contribution in [0.15, 0.2) is 23.1 Å². The van der Waals surface area contributed by atoms with Gasteiger partial charge in [0.15, 0.2) is 0 Å². The molecule has 2 fully saturated rings. The normalized spacial score (nSPS) is 19.3. The van der Waals surface area contributed by atoms with Gasteiger partial charge in [-0.15, -0.1) is 0 Å². The summed E-state index contributed by atoms with van der Waals surface area (Å²) in [6.07, 6.45) is 4.42. The van der Waals surface area contributed by atoms with Crippen molar-refractivity contribution in [1.29, 1.82) is 0 Å². The van der Waals surface area contributed by atoms with Gasteiger partial charge < -0.3 is 9.64 Å². The van der Waals surface area contributed by atoms with Gasteiger partial charge in [0.1, 0.15) is 4.90 Å². The van der Waals surface area contributed by atoms with E-state index in [4.69, 9.17) is 11.6 Å². The van der Waals surface area contributed by atoms with E-state index in [0.717, 1.165) is 25.9 Å². The van der Waals surface area contributed by atoms with Crippen molar-refractivity contribution in [3.63, 3.8) is 0 Å². The van der Waals surface area contributed by atoms with Gasteiger partial charge in [-0.1, -0.05) is 24.4 Å². The number of benzene rings is 1. The Labute approximate surface area is 182 Å². The molecule has 1 aromatic rings. The van der Waals surface area contributed by atoms with Crippen molar-refractivity contribution in [2.75, 3.05) is 52.9 Å². The second-order valence-electron chi connectivity index (χ2n) is 7.61. The number of halogens is 1. The number of carbonyl (C=O) groups excluding carboxylic acids is 2. The van der Waals surface area contributed by atoms with Crippen molar-refractivity contribution < 1.29 is 22.7 Å². The van der Waals surface area contributed by atoms with Gasteiger partial charge in [0.05, 0.1) is 24.2 Å². The average Bonchev–Trinajstić information content (AvgIpc) is 3.03. The largest absolute Gasteiger partial charge is 0.465 e. The maximum absolute atomic E-state index is 13.1. The highest BCUT2D eigenvalue weighted by Gasteiger charge is 2.31. The lowest BCUT2D eigenvalue weighted by molar-refractivity contribution is -0.132. The Morgan fingerprint density at radius 2 is 1.63 bits per heavy atom. The first-order chi connectivity index (χ1) is 14.3. The fourth-order valence-electron chi connectivity index (χ4n) is 3.82. The molecule has 2 aliphatic rings. The van der Waals surface area contributed by atoms with Crippen LogP contribution in [0.1, 0.15) is 36.0 Å².